The Balaban J connectivity index is 2.10. The van der Waals surface area contributed by atoms with E-state index in [1.165, 1.54) is 0 Å². The SMILES string of the molecule is CC(C)(C)OC(=O)NCC1CCO1. The van der Waals surface area contributed by atoms with E-state index in [0.717, 1.165) is 13.0 Å². The number of hydrogen-bond donors (Lipinski definition) is 1. The fourth-order valence-corrected chi connectivity index (χ4v) is 0.957. The molecule has 0 radical (unpaired) electrons. The van der Waals surface area contributed by atoms with Gasteiger partial charge >= 0.3 is 6.09 Å². The molecular formula is C9H17NO3. The number of ether oxygens (including phenoxy) is 2. The molecular weight excluding hydrogens is 170 g/mol. The lowest BCUT2D eigenvalue weighted by Gasteiger charge is -2.27. The zero-order valence-corrected chi connectivity index (χ0v) is 8.42. The van der Waals surface area contributed by atoms with Crippen molar-refractivity contribution in [3.63, 3.8) is 0 Å². The molecule has 0 aromatic carbocycles. The molecule has 13 heavy (non-hydrogen) atoms. The second-order valence-corrected chi connectivity index (χ2v) is 4.16. The molecule has 1 N–H and O–H groups in total. The third-order valence-electron chi connectivity index (χ3n) is 1.67. The molecule has 1 amide bonds. The lowest BCUT2D eigenvalue weighted by Crippen LogP contribution is -2.41. The summed E-state index contributed by atoms with van der Waals surface area (Å²) in [6.45, 7) is 6.88. The van der Waals surface area contributed by atoms with E-state index in [9.17, 15) is 4.79 Å². The Kier molecular flexibility index (Phi) is 3.14. The molecule has 4 nitrogen and oxygen atoms in total. The summed E-state index contributed by atoms with van der Waals surface area (Å²) in [7, 11) is 0. The summed E-state index contributed by atoms with van der Waals surface area (Å²) in [5, 5.41) is 2.65. The first-order chi connectivity index (χ1) is 5.97. The van der Waals surface area contributed by atoms with Crippen LogP contribution >= 0.6 is 0 Å². The van der Waals surface area contributed by atoms with E-state index in [-0.39, 0.29) is 12.2 Å². The Morgan fingerprint density at radius 3 is 2.62 bits per heavy atom. The van der Waals surface area contributed by atoms with Crippen LogP contribution in [0.4, 0.5) is 4.79 Å². The molecule has 1 atom stereocenters. The van der Waals surface area contributed by atoms with Crippen molar-refractivity contribution in [2.24, 2.45) is 0 Å². The van der Waals surface area contributed by atoms with Crippen molar-refractivity contribution in [2.45, 2.75) is 38.9 Å². The first-order valence-corrected chi connectivity index (χ1v) is 4.56. The van der Waals surface area contributed by atoms with Crippen molar-refractivity contribution in [1.29, 1.82) is 0 Å². The van der Waals surface area contributed by atoms with E-state index in [2.05, 4.69) is 5.32 Å². The van der Waals surface area contributed by atoms with Gasteiger partial charge in [-0.1, -0.05) is 0 Å². The van der Waals surface area contributed by atoms with Gasteiger partial charge in [-0.25, -0.2) is 4.79 Å². The maximum absolute atomic E-state index is 11.1. The molecule has 0 bridgehead atoms. The molecule has 1 fully saturated rings. The van der Waals surface area contributed by atoms with Crippen molar-refractivity contribution < 1.29 is 14.3 Å². The zero-order chi connectivity index (χ0) is 9.90. The van der Waals surface area contributed by atoms with Crippen molar-refractivity contribution in [3.8, 4) is 0 Å². The zero-order valence-electron chi connectivity index (χ0n) is 8.42. The Bertz CT molecular complexity index is 182. The standard InChI is InChI=1S/C9H17NO3/c1-9(2,3)13-8(11)10-6-7-4-5-12-7/h7H,4-6H2,1-3H3,(H,10,11). The molecule has 1 saturated heterocycles. The van der Waals surface area contributed by atoms with Gasteiger partial charge in [0.15, 0.2) is 0 Å². The average molecular weight is 187 g/mol. The number of amides is 1. The number of hydrogen-bond acceptors (Lipinski definition) is 3. The highest BCUT2D eigenvalue weighted by Gasteiger charge is 2.21. The van der Waals surface area contributed by atoms with Crippen LogP contribution < -0.4 is 5.32 Å². The molecule has 0 aliphatic carbocycles. The highest BCUT2D eigenvalue weighted by atomic mass is 16.6. The first-order valence-electron chi connectivity index (χ1n) is 4.56. The fourth-order valence-electron chi connectivity index (χ4n) is 0.957. The summed E-state index contributed by atoms with van der Waals surface area (Å²) in [4.78, 5) is 11.1. The van der Waals surface area contributed by atoms with E-state index in [1.54, 1.807) is 0 Å². The van der Waals surface area contributed by atoms with E-state index < -0.39 is 5.60 Å². The number of carbonyl (C=O) groups is 1. The Morgan fingerprint density at radius 1 is 1.62 bits per heavy atom. The van der Waals surface area contributed by atoms with Gasteiger partial charge in [0.1, 0.15) is 5.60 Å². The van der Waals surface area contributed by atoms with Gasteiger partial charge in [-0.15, -0.1) is 0 Å². The Hall–Kier alpha value is -0.770. The number of nitrogens with one attached hydrogen (secondary N) is 1. The van der Waals surface area contributed by atoms with Gasteiger partial charge in [0.2, 0.25) is 0 Å². The van der Waals surface area contributed by atoms with Crippen LogP contribution in [0.25, 0.3) is 0 Å². The van der Waals surface area contributed by atoms with Crippen LogP contribution in [-0.2, 0) is 9.47 Å². The highest BCUT2D eigenvalue weighted by molar-refractivity contribution is 5.67. The van der Waals surface area contributed by atoms with Gasteiger partial charge in [0, 0.05) is 13.2 Å². The van der Waals surface area contributed by atoms with Crippen LogP contribution in [-0.4, -0.2) is 30.9 Å². The van der Waals surface area contributed by atoms with Gasteiger partial charge in [-0.05, 0) is 27.2 Å². The van der Waals surface area contributed by atoms with Crippen LogP contribution in [0.1, 0.15) is 27.2 Å². The topological polar surface area (TPSA) is 47.6 Å². The van der Waals surface area contributed by atoms with E-state index in [0.29, 0.717) is 6.54 Å². The van der Waals surface area contributed by atoms with Gasteiger partial charge in [0.05, 0.1) is 6.10 Å². The molecule has 1 rings (SSSR count). The summed E-state index contributed by atoms with van der Waals surface area (Å²) in [5.74, 6) is 0. The lowest BCUT2D eigenvalue weighted by atomic mass is 10.2. The third-order valence-corrected chi connectivity index (χ3v) is 1.67. The van der Waals surface area contributed by atoms with Crippen molar-refractivity contribution >= 4 is 6.09 Å². The van der Waals surface area contributed by atoms with Gasteiger partial charge < -0.3 is 14.8 Å². The van der Waals surface area contributed by atoms with Gasteiger partial charge in [0.25, 0.3) is 0 Å². The summed E-state index contributed by atoms with van der Waals surface area (Å²) in [6.07, 6.45) is 0.839. The summed E-state index contributed by atoms with van der Waals surface area (Å²) in [6, 6.07) is 0. The molecule has 0 spiro atoms. The molecule has 0 aromatic rings. The normalized spacial score (nSPS) is 21.9. The number of carbonyl (C=O) groups excluding carboxylic acids is 1. The number of rotatable bonds is 2. The molecule has 4 heteroatoms. The van der Waals surface area contributed by atoms with Gasteiger partial charge in [-0.3, -0.25) is 0 Å². The first kappa shape index (κ1) is 10.3. The minimum atomic E-state index is -0.426. The number of alkyl carbamates (subject to hydrolysis) is 1. The maximum Gasteiger partial charge on any atom is 0.407 e. The molecule has 0 aromatic heterocycles. The third kappa shape index (κ3) is 4.12. The molecule has 76 valence electrons. The molecule has 1 aliphatic heterocycles. The maximum atomic E-state index is 11.1. The van der Waals surface area contributed by atoms with Crippen LogP contribution in [0.2, 0.25) is 0 Å². The highest BCUT2D eigenvalue weighted by Crippen LogP contribution is 2.10. The second-order valence-electron chi connectivity index (χ2n) is 4.16. The molecule has 0 saturated carbocycles. The molecule has 1 aliphatic rings. The van der Waals surface area contributed by atoms with Crippen LogP contribution in [0.3, 0.4) is 0 Å². The van der Waals surface area contributed by atoms with Crippen molar-refractivity contribution in [2.75, 3.05) is 13.2 Å². The molecule has 1 heterocycles. The summed E-state index contributed by atoms with van der Waals surface area (Å²) < 4.78 is 10.2. The Morgan fingerprint density at radius 2 is 2.23 bits per heavy atom. The largest absolute Gasteiger partial charge is 0.444 e. The quantitative estimate of drug-likeness (QED) is 0.708. The predicted molar refractivity (Wildman–Crippen MR) is 48.6 cm³/mol. The lowest BCUT2D eigenvalue weighted by molar-refractivity contribution is -0.0492. The van der Waals surface area contributed by atoms with Crippen LogP contribution in [0.15, 0.2) is 0 Å². The molecule has 1 unspecified atom stereocenters. The van der Waals surface area contributed by atoms with E-state index >= 15 is 0 Å². The summed E-state index contributed by atoms with van der Waals surface area (Å²) >= 11 is 0. The van der Waals surface area contributed by atoms with Gasteiger partial charge in [-0.2, -0.15) is 0 Å². The van der Waals surface area contributed by atoms with Crippen molar-refractivity contribution in [1.82, 2.24) is 5.32 Å². The summed E-state index contributed by atoms with van der Waals surface area (Å²) in [5.41, 5.74) is -0.426. The second kappa shape index (κ2) is 3.96. The average Bonchev–Trinajstić information content (AvgIpc) is 1.78. The van der Waals surface area contributed by atoms with E-state index in [4.69, 9.17) is 9.47 Å². The minimum Gasteiger partial charge on any atom is -0.444 e. The predicted octanol–water partition coefficient (Wildman–Crippen LogP) is 1.30. The minimum absolute atomic E-state index is 0.188. The van der Waals surface area contributed by atoms with Crippen molar-refractivity contribution in [3.05, 3.63) is 0 Å². The van der Waals surface area contributed by atoms with E-state index in [1.807, 2.05) is 20.8 Å². The van der Waals surface area contributed by atoms with Crippen LogP contribution in [0, 0.1) is 0 Å². The van der Waals surface area contributed by atoms with Crippen LogP contribution in [0.5, 0.6) is 0 Å². The fraction of sp³-hybridized carbons (Fsp3) is 0.889. The smallest absolute Gasteiger partial charge is 0.407 e. The monoisotopic (exact) mass is 187 g/mol. The Labute approximate surface area is 78.6 Å².